The van der Waals surface area contributed by atoms with Crippen LogP contribution >= 0.6 is 0 Å². The van der Waals surface area contributed by atoms with Crippen molar-refractivity contribution in [3.05, 3.63) is 76.0 Å². The Kier molecular flexibility index (Phi) is 7.74. The standard InChI is InChI=1S/C26H33N5O4/c1-4-30-24(28-31(26(30)33)18-19-8-6-5-7-9-19)21-12-14-29(15-13-21)25(32)27-17-20-10-11-22(34-2)23(16-20)35-3/h5-11,16,21H,4,12-15,17-18H2,1-3H3,(H,27,32). The molecule has 1 aliphatic rings. The lowest BCUT2D eigenvalue weighted by atomic mass is 9.96. The van der Waals surface area contributed by atoms with E-state index in [9.17, 15) is 9.59 Å². The zero-order valence-electron chi connectivity index (χ0n) is 20.6. The highest BCUT2D eigenvalue weighted by Gasteiger charge is 2.28. The van der Waals surface area contributed by atoms with Crippen molar-refractivity contribution in [1.29, 1.82) is 0 Å². The number of likely N-dealkylation sites (tertiary alicyclic amines) is 1. The van der Waals surface area contributed by atoms with Crippen LogP contribution in [0.1, 0.15) is 42.6 Å². The highest BCUT2D eigenvalue weighted by molar-refractivity contribution is 5.74. The molecule has 0 spiro atoms. The van der Waals surface area contributed by atoms with E-state index < -0.39 is 0 Å². The molecule has 0 unspecified atom stereocenters. The van der Waals surface area contributed by atoms with E-state index in [-0.39, 0.29) is 17.6 Å². The molecule has 2 aromatic carbocycles. The molecular weight excluding hydrogens is 446 g/mol. The molecule has 2 amide bonds. The number of urea groups is 1. The summed E-state index contributed by atoms with van der Waals surface area (Å²) in [5, 5.41) is 7.69. The Bertz CT molecular complexity index is 1200. The summed E-state index contributed by atoms with van der Waals surface area (Å²) in [5.41, 5.74) is 1.89. The van der Waals surface area contributed by atoms with E-state index in [1.54, 1.807) is 23.5 Å². The highest BCUT2D eigenvalue weighted by Crippen LogP contribution is 2.28. The van der Waals surface area contributed by atoms with Crippen molar-refractivity contribution in [3.8, 4) is 11.5 Å². The molecule has 1 aromatic heterocycles. The Labute approximate surface area is 205 Å². The fraction of sp³-hybridized carbons (Fsp3) is 0.423. The van der Waals surface area contributed by atoms with Gasteiger partial charge in [-0.1, -0.05) is 36.4 Å². The molecule has 35 heavy (non-hydrogen) atoms. The Hall–Kier alpha value is -3.75. The summed E-state index contributed by atoms with van der Waals surface area (Å²) in [6, 6.07) is 15.4. The Morgan fingerprint density at radius 1 is 1.03 bits per heavy atom. The van der Waals surface area contributed by atoms with Crippen LogP contribution in [0, 0.1) is 0 Å². The maximum atomic E-state index is 12.9. The summed E-state index contributed by atoms with van der Waals surface area (Å²) < 4.78 is 13.9. The normalized spacial score (nSPS) is 14.1. The summed E-state index contributed by atoms with van der Waals surface area (Å²) >= 11 is 0. The van der Waals surface area contributed by atoms with E-state index in [4.69, 9.17) is 14.6 Å². The number of methoxy groups -OCH3 is 2. The van der Waals surface area contributed by atoms with Crippen molar-refractivity contribution in [2.75, 3.05) is 27.3 Å². The van der Waals surface area contributed by atoms with Crippen molar-refractivity contribution in [2.24, 2.45) is 0 Å². The largest absolute Gasteiger partial charge is 0.493 e. The quantitative estimate of drug-likeness (QED) is 0.536. The molecule has 1 aliphatic heterocycles. The summed E-state index contributed by atoms with van der Waals surface area (Å²) in [4.78, 5) is 27.5. The topological polar surface area (TPSA) is 90.6 Å². The van der Waals surface area contributed by atoms with Crippen LogP contribution in [0.2, 0.25) is 0 Å². The van der Waals surface area contributed by atoms with Gasteiger partial charge in [-0.3, -0.25) is 4.57 Å². The van der Waals surface area contributed by atoms with E-state index in [1.807, 2.05) is 60.4 Å². The minimum Gasteiger partial charge on any atom is -0.493 e. The van der Waals surface area contributed by atoms with Gasteiger partial charge in [0.1, 0.15) is 5.82 Å². The van der Waals surface area contributed by atoms with Crippen LogP contribution < -0.4 is 20.5 Å². The average Bonchev–Trinajstić information content (AvgIpc) is 3.22. The second kappa shape index (κ2) is 11.1. The van der Waals surface area contributed by atoms with Crippen LogP contribution in [0.15, 0.2) is 53.3 Å². The molecule has 186 valence electrons. The number of benzene rings is 2. The van der Waals surface area contributed by atoms with Gasteiger partial charge in [0.2, 0.25) is 0 Å². The second-order valence-corrected chi connectivity index (χ2v) is 8.64. The Morgan fingerprint density at radius 2 is 1.74 bits per heavy atom. The van der Waals surface area contributed by atoms with E-state index in [0.717, 1.165) is 29.8 Å². The molecule has 9 heteroatoms. The lowest BCUT2D eigenvalue weighted by molar-refractivity contribution is 0.179. The van der Waals surface area contributed by atoms with Crippen molar-refractivity contribution in [2.45, 2.75) is 45.3 Å². The molecule has 4 rings (SSSR count). The van der Waals surface area contributed by atoms with Gasteiger partial charge in [0.25, 0.3) is 0 Å². The molecule has 1 saturated heterocycles. The molecule has 1 N–H and O–H groups in total. The third kappa shape index (κ3) is 5.50. The number of amides is 2. The van der Waals surface area contributed by atoms with Gasteiger partial charge in [0.05, 0.1) is 20.8 Å². The number of rotatable bonds is 8. The maximum absolute atomic E-state index is 12.9. The third-order valence-corrected chi connectivity index (χ3v) is 6.48. The number of nitrogens with one attached hydrogen (secondary N) is 1. The molecule has 0 radical (unpaired) electrons. The smallest absolute Gasteiger partial charge is 0.346 e. The molecule has 0 aliphatic carbocycles. The first kappa shape index (κ1) is 24.4. The number of hydrogen-bond acceptors (Lipinski definition) is 5. The number of hydrogen-bond donors (Lipinski definition) is 1. The Morgan fingerprint density at radius 3 is 2.40 bits per heavy atom. The highest BCUT2D eigenvalue weighted by atomic mass is 16.5. The number of nitrogens with zero attached hydrogens (tertiary/aromatic N) is 4. The monoisotopic (exact) mass is 479 g/mol. The van der Waals surface area contributed by atoms with Gasteiger partial charge in [-0.25, -0.2) is 14.3 Å². The second-order valence-electron chi connectivity index (χ2n) is 8.64. The van der Waals surface area contributed by atoms with Crippen LogP contribution in [0.5, 0.6) is 11.5 Å². The van der Waals surface area contributed by atoms with Crippen LogP contribution in [-0.4, -0.2) is 52.6 Å². The summed E-state index contributed by atoms with van der Waals surface area (Å²) in [5.74, 6) is 2.25. The number of ether oxygens (including phenoxy) is 2. The predicted octanol–water partition coefficient (Wildman–Crippen LogP) is 3.22. The van der Waals surface area contributed by atoms with E-state index in [1.165, 1.54) is 0 Å². The SMILES string of the molecule is CCn1c(C2CCN(C(=O)NCc3ccc(OC)c(OC)c3)CC2)nn(Cc2ccccc2)c1=O. The Balaban J connectivity index is 1.35. The molecular formula is C26H33N5O4. The average molecular weight is 480 g/mol. The first-order valence-electron chi connectivity index (χ1n) is 12.0. The fourth-order valence-corrected chi connectivity index (χ4v) is 4.54. The van der Waals surface area contributed by atoms with E-state index >= 15 is 0 Å². The lowest BCUT2D eigenvalue weighted by Gasteiger charge is -2.31. The zero-order valence-corrected chi connectivity index (χ0v) is 20.6. The zero-order chi connectivity index (χ0) is 24.8. The van der Waals surface area contributed by atoms with Gasteiger partial charge in [0.15, 0.2) is 11.5 Å². The summed E-state index contributed by atoms with van der Waals surface area (Å²) in [6.07, 6.45) is 1.54. The first-order valence-corrected chi connectivity index (χ1v) is 12.0. The van der Waals surface area contributed by atoms with Crippen molar-refractivity contribution in [3.63, 3.8) is 0 Å². The fourth-order valence-electron chi connectivity index (χ4n) is 4.54. The molecule has 3 aromatic rings. The van der Waals surface area contributed by atoms with Crippen molar-refractivity contribution >= 4 is 6.03 Å². The molecule has 9 nitrogen and oxygen atoms in total. The van der Waals surface area contributed by atoms with Crippen LogP contribution in [0.25, 0.3) is 0 Å². The first-order chi connectivity index (χ1) is 17.0. The lowest BCUT2D eigenvalue weighted by Crippen LogP contribution is -2.44. The van der Waals surface area contributed by atoms with Gasteiger partial charge in [-0.2, -0.15) is 5.10 Å². The molecule has 0 bridgehead atoms. The van der Waals surface area contributed by atoms with Gasteiger partial charge in [0, 0.05) is 32.1 Å². The molecule has 2 heterocycles. The number of carbonyl (C=O) groups is 1. The predicted molar refractivity (Wildman–Crippen MR) is 133 cm³/mol. The van der Waals surface area contributed by atoms with E-state index in [2.05, 4.69) is 5.32 Å². The number of carbonyl (C=O) groups excluding carboxylic acids is 1. The number of aromatic nitrogens is 3. The molecule has 1 fully saturated rings. The maximum Gasteiger partial charge on any atom is 0.346 e. The van der Waals surface area contributed by atoms with Crippen LogP contribution in [0.4, 0.5) is 4.79 Å². The van der Waals surface area contributed by atoms with Gasteiger partial charge < -0.3 is 19.7 Å². The van der Waals surface area contributed by atoms with Gasteiger partial charge in [-0.05, 0) is 43.0 Å². The minimum atomic E-state index is -0.0966. The van der Waals surface area contributed by atoms with Crippen LogP contribution in [-0.2, 0) is 19.6 Å². The number of piperidine rings is 1. The van der Waals surface area contributed by atoms with E-state index in [0.29, 0.717) is 44.2 Å². The molecule has 0 saturated carbocycles. The molecule has 0 atom stereocenters. The van der Waals surface area contributed by atoms with Crippen LogP contribution in [0.3, 0.4) is 0 Å². The van der Waals surface area contributed by atoms with Gasteiger partial charge in [-0.15, -0.1) is 0 Å². The summed E-state index contributed by atoms with van der Waals surface area (Å²) in [7, 11) is 3.18. The van der Waals surface area contributed by atoms with Gasteiger partial charge >= 0.3 is 11.7 Å². The summed E-state index contributed by atoms with van der Waals surface area (Å²) in [6.45, 7) is 4.64. The van der Waals surface area contributed by atoms with Crippen molar-refractivity contribution < 1.29 is 14.3 Å². The van der Waals surface area contributed by atoms with Crippen molar-refractivity contribution in [1.82, 2.24) is 24.6 Å². The minimum absolute atomic E-state index is 0.0820. The third-order valence-electron chi connectivity index (χ3n) is 6.48.